The Morgan fingerprint density at radius 3 is 2.73 bits per heavy atom. The molecule has 0 heterocycles. The van der Waals surface area contributed by atoms with Gasteiger partial charge in [-0.2, -0.15) is 5.26 Å². The molecule has 4 heteroatoms. The van der Waals surface area contributed by atoms with Crippen LogP contribution in [0, 0.1) is 11.3 Å². The Hall–Kier alpha value is -1.21. The quantitative estimate of drug-likeness (QED) is 0.844. The molecule has 1 atom stereocenters. The smallest absolute Gasteiger partial charge is 0.184 e. The molecule has 1 unspecified atom stereocenters. The molecule has 0 aromatic heterocycles. The monoisotopic (exact) mass is 269 g/mol. The molecule has 0 amide bonds. The van der Waals surface area contributed by atoms with Crippen LogP contribution in [0.5, 0.6) is 11.5 Å². The summed E-state index contributed by atoms with van der Waals surface area (Å²) in [5, 5.41) is 8.76. The number of hydrogen-bond donors (Lipinski definition) is 0. The first-order valence-electron chi connectivity index (χ1n) is 4.61. The molecule has 80 valence electrons. The van der Waals surface area contributed by atoms with Gasteiger partial charge in [0, 0.05) is 0 Å². The Balaban J connectivity index is 2.83. The lowest BCUT2D eigenvalue weighted by atomic mass is 10.3. The second-order valence-corrected chi connectivity index (χ2v) is 3.79. The minimum Gasteiger partial charge on any atom is -0.497 e. The van der Waals surface area contributed by atoms with E-state index in [0.29, 0.717) is 12.2 Å². The first kappa shape index (κ1) is 11.9. The van der Waals surface area contributed by atoms with E-state index < -0.39 is 6.10 Å². The molecule has 0 saturated heterocycles. The summed E-state index contributed by atoms with van der Waals surface area (Å²) in [6, 6.07) is 7.46. The fourth-order valence-corrected chi connectivity index (χ4v) is 1.51. The zero-order valence-electron chi connectivity index (χ0n) is 8.66. The average molecular weight is 270 g/mol. The van der Waals surface area contributed by atoms with Gasteiger partial charge in [0.1, 0.15) is 17.6 Å². The lowest BCUT2D eigenvalue weighted by Crippen LogP contribution is -2.12. The van der Waals surface area contributed by atoms with Crippen LogP contribution in [0.3, 0.4) is 0 Å². The number of benzene rings is 1. The van der Waals surface area contributed by atoms with E-state index in [1.807, 2.05) is 6.92 Å². The van der Waals surface area contributed by atoms with E-state index >= 15 is 0 Å². The number of methoxy groups -OCH3 is 1. The molecule has 0 aliphatic carbocycles. The van der Waals surface area contributed by atoms with Crippen LogP contribution in [0.1, 0.15) is 13.3 Å². The molecule has 0 bridgehead atoms. The SMILES string of the molecule is CCC(C#N)Oc1ccc(OC)cc1Br. The largest absolute Gasteiger partial charge is 0.497 e. The second-order valence-electron chi connectivity index (χ2n) is 2.94. The molecule has 15 heavy (non-hydrogen) atoms. The van der Waals surface area contributed by atoms with Crippen LogP contribution in [0.15, 0.2) is 22.7 Å². The highest BCUT2D eigenvalue weighted by atomic mass is 79.9. The van der Waals surface area contributed by atoms with Crippen LogP contribution in [-0.2, 0) is 0 Å². The van der Waals surface area contributed by atoms with Crippen LogP contribution in [0.4, 0.5) is 0 Å². The summed E-state index contributed by atoms with van der Waals surface area (Å²) >= 11 is 3.36. The van der Waals surface area contributed by atoms with Gasteiger partial charge in [0.25, 0.3) is 0 Å². The van der Waals surface area contributed by atoms with Crippen molar-refractivity contribution in [3.63, 3.8) is 0 Å². The maximum Gasteiger partial charge on any atom is 0.184 e. The molecule has 1 aromatic carbocycles. The van der Waals surface area contributed by atoms with Gasteiger partial charge < -0.3 is 9.47 Å². The topological polar surface area (TPSA) is 42.2 Å². The summed E-state index contributed by atoms with van der Waals surface area (Å²) in [6.07, 6.45) is 0.254. The van der Waals surface area contributed by atoms with E-state index in [1.165, 1.54) is 0 Å². The lowest BCUT2D eigenvalue weighted by Gasteiger charge is -2.12. The number of ether oxygens (including phenoxy) is 2. The predicted molar refractivity (Wildman–Crippen MR) is 61.0 cm³/mol. The van der Waals surface area contributed by atoms with E-state index in [4.69, 9.17) is 14.7 Å². The summed E-state index contributed by atoms with van der Waals surface area (Å²) in [7, 11) is 1.60. The zero-order valence-corrected chi connectivity index (χ0v) is 10.2. The van der Waals surface area contributed by atoms with Crippen LogP contribution < -0.4 is 9.47 Å². The van der Waals surface area contributed by atoms with Crippen molar-refractivity contribution in [2.45, 2.75) is 19.4 Å². The highest BCUT2D eigenvalue weighted by Gasteiger charge is 2.09. The van der Waals surface area contributed by atoms with Crippen LogP contribution in [-0.4, -0.2) is 13.2 Å². The van der Waals surface area contributed by atoms with Crippen LogP contribution >= 0.6 is 15.9 Å². The first-order valence-corrected chi connectivity index (χ1v) is 5.40. The molecule has 0 fully saturated rings. The van der Waals surface area contributed by atoms with Crippen molar-refractivity contribution in [3.8, 4) is 17.6 Å². The highest BCUT2D eigenvalue weighted by molar-refractivity contribution is 9.10. The Morgan fingerprint density at radius 1 is 1.53 bits per heavy atom. The zero-order chi connectivity index (χ0) is 11.3. The van der Waals surface area contributed by atoms with Crippen LogP contribution in [0.2, 0.25) is 0 Å². The predicted octanol–water partition coefficient (Wildman–Crippen LogP) is 3.14. The fraction of sp³-hybridized carbons (Fsp3) is 0.364. The van der Waals surface area contributed by atoms with Crippen molar-refractivity contribution >= 4 is 15.9 Å². The van der Waals surface area contributed by atoms with Gasteiger partial charge in [0.15, 0.2) is 6.10 Å². The summed E-state index contributed by atoms with van der Waals surface area (Å²) < 4.78 is 11.3. The van der Waals surface area contributed by atoms with Crippen molar-refractivity contribution in [3.05, 3.63) is 22.7 Å². The van der Waals surface area contributed by atoms with Gasteiger partial charge in [-0.05, 0) is 40.5 Å². The van der Waals surface area contributed by atoms with Crippen molar-refractivity contribution in [1.29, 1.82) is 5.26 Å². The molecule has 1 aromatic rings. The molecule has 0 aliphatic rings. The van der Waals surface area contributed by atoms with Gasteiger partial charge in [0.2, 0.25) is 0 Å². The number of hydrogen-bond acceptors (Lipinski definition) is 3. The van der Waals surface area contributed by atoms with E-state index in [2.05, 4.69) is 22.0 Å². The minimum atomic E-state index is -0.408. The lowest BCUT2D eigenvalue weighted by molar-refractivity contribution is 0.250. The van der Waals surface area contributed by atoms with Gasteiger partial charge in [0.05, 0.1) is 11.6 Å². The molecule has 1 rings (SSSR count). The number of nitrogens with zero attached hydrogens (tertiary/aromatic N) is 1. The average Bonchev–Trinajstić information content (AvgIpc) is 2.27. The number of halogens is 1. The van der Waals surface area contributed by atoms with Crippen molar-refractivity contribution in [2.24, 2.45) is 0 Å². The van der Waals surface area contributed by atoms with Gasteiger partial charge in [-0.15, -0.1) is 0 Å². The first-order chi connectivity index (χ1) is 7.21. The summed E-state index contributed by atoms with van der Waals surface area (Å²) in [5.41, 5.74) is 0. The molecule has 0 aliphatic heterocycles. The van der Waals surface area contributed by atoms with Gasteiger partial charge in [-0.3, -0.25) is 0 Å². The van der Waals surface area contributed by atoms with Crippen molar-refractivity contribution in [1.82, 2.24) is 0 Å². The minimum absolute atomic E-state index is 0.408. The molecular weight excluding hydrogens is 258 g/mol. The maximum absolute atomic E-state index is 8.76. The number of rotatable bonds is 4. The Bertz CT molecular complexity index is 373. The Kier molecular flexibility index (Phi) is 4.44. The third kappa shape index (κ3) is 3.14. The van der Waals surface area contributed by atoms with Gasteiger partial charge >= 0.3 is 0 Å². The second kappa shape index (κ2) is 5.62. The Morgan fingerprint density at radius 2 is 2.27 bits per heavy atom. The standard InChI is InChI=1S/C11H12BrNO2/c1-3-8(7-13)15-11-5-4-9(14-2)6-10(11)12/h4-6,8H,3H2,1-2H3. The molecular formula is C11H12BrNO2. The van der Waals surface area contributed by atoms with E-state index in [-0.39, 0.29) is 0 Å². The molecule has 0 saturated carbocycles. The molecule has 0 spiro atoms. The van der Waals surface area contributed by atoms with E-state index in [9.17, 15) is 0 Å². The summed E-state index contributed by atoms with van der Waals surface area (Å²) in [5.74, 6) is 1.41. The van der Waals surface area contributed by atoms with Gasteiger partial charge in [-0.25, -0.2) is 0 Å². The fourth-order valence-electron chi connectivity index (χ4n) is 1.06. The number of nitriles is 1. The van der Waals surface area contributed by atoms with Crippen molar-refractivity contribution < 1.29 is 9.47 Å². The third-order valence-electron chi connectivity index (χ3n) is 1.92. The molecule has 0 N–H and O–H groups in total. The van der Waals surface area contributed by atoms with Crippen molar-refractivity contribution in [2.75, 3.05) is 7.11 Å². The third-order valence-corrected chi connectivity index (χ3v) is 2.54. The molecule has 3 nitrogen and oxygen atoms in total. The van der Waals surface area contributed by atoms with Gasteiger partial charge in [-0.1, -0.05) is 6.92 Å². The summed E-state index contributed by atoms with van der Waals surface area (Å²) in [6.45, 7) is 1.91. The van der Waals surface area contributed by atoms with E-state index in [0.717, 1.165) is 10.2 Å². The normalized spacial score (nSPS) is 11.6. The highest BCUT2D eigenvalue weighted by Crippen LogP contribution is 2.29. The van der Waals surface area contributed by atoms with E-state index in [1.54, 1.807) is 25.3 Å². The molecule has 0 radical (unpaired) electrons. The summed E-state index contributed by atoms with van der Waals surface area (Å²) in [4.78, 5) is 0. The maximum atomic E-state index is 8.76. The van der Waals surface area contributed by atoms with Crippen LogP contribution in [0.25, 0.3) is 0 Å². The Labute approximate surface area is 97.7 Å².